The highest BCUT2D eigenvalue weighted by Gasteiger charge is 2.13. The van der Waals surface area contributed by atoms with Crippen molar-refractivity contribution in [3.05, 3.63) is 53.4 Å². The Kier molecular flexibility index (Phi) is 3.19. The number of nitrogens with zero attached hydrogens (tertiary/aromatic N) is 2. The standard InChI is InChI=1S/C12H12F2N2O/c1-16-7-9(6-15-16)12(17)5-8-4-10(13)2-3-11(8)14/h2-4,6-7,12,17H,5H2,1H3. The third-order valence-electron chi connectivity index (χ3n) is 2.53. The summed E-state index contributed by atoms with van der Waals surface area (Å²) in [5.41, 5.74) is 0.734. The zero-order chi connectivity index (χ0) is 12.4. The summed E-state index contributed by atoms with van der Waals surface area (Å²) in [6.07, 6.45) is 2.28. The van der Waals surface area contributed by atoms with Crippen LogP contribution in [0.5, 0.6) is 0 Å². The number of aromatic nitrogens is 2. The molecule has 1 heterocycles. The van der Waals surface area contributed by atoms with Crippen LogP contribution in [-0.2, 0) is 13.5 Å². The highest BCUT2D eigenvalue weighted by atomic mass is 19.1. The quantitative estimate of drug-likeness (QED) is 0.887. The minimum absolute atomic E-state index is 0.0231. The van der Waals surface area contributed by atoms with E-state index in [-0.39, 0.29) is 12.0 Å². The summed E-state index contributed by atoms with van der Waals surface area (Å²) in [5, 5.41) is 13.8. The number of halogens is 2. The van der Waals surface area contributed by atoms with Gasteiger partial charge < -0.3 is 5.11 Å². The van der Waals surface area contributed by atoms with E-state index in [0.717, 1.165) is 18.2 Å². The molecule has 2 aromatic rings. The second-order valence-corrected chi connectivity index (χ2v) is 3.90. The molecule has 1 aromatic carbocycles. The van der Waals surface area contributed by atoms with E-state index in [1.807, 2.05) is 0 Å². The lowest BCUT2D eigenvalue weighted by Crippen LogP contribution is -2.03. The minimum Gasteiger partial charge on any atom is -0.388 e. The molecule has 90 valence electrons. The van der Waals surface area contributed by atoms with Gasteiger partial charge in [-0.3, -0.25) is 4.68 Å². The van der Waals surface area contributed by atoms with Crippen LogP contribution in [-0.4, -0.2) is 14.9 Å². The Morgan fingerprint density at radius 1 is 1.41 bits per heavy atom. The average molecular weight is 238 g/mol. The molecule has 1 atom stereocenters. The van der Waals surface area contributed by atoms with E-state index in [2.05, 4.69) is 5.10 Å². The summed E-state index contributed by atoms with van der Waals surface area (Å²) in [5.74, 6) is -1.03. The molecule has 5 heteroatoms. The molecule has 2 rings (SSSR count). The summed E-state index contributed by atoms with van der Waals surface area (Å²) in [6.45, 7) is 0. The zero-order valence-electron chi connectivity index (χ0n) is 9.27. The summed E-state index contributed by atoms with van der Waals surface area (Å²) >= 11 is 0. The molecule has 0 saturated heterocycles. The Balaban J connectivity index is 2.18. The van der Waals surface area contributed by atoms with Crippen LogP contribution in [0.1, 0.15) is 17.2 Å². The lowest BCUT2D eigenvalue weighted by Gasteiger charge is -2.09. The molecule has 0 amide bonds. The molecular weight excluding hydrogens is 226 g/mol. The highest BCUT2D eigenvalue weighted by Crippen LogP contribution is 2.20. The van der Waals surface area contributed by atoms with Crippen molar-refractivity contribution in [2.24, 2.45) is 7.05 Å². The Morgan fingerprint density at radius 3 is 2.82 bits per heavy atom. The van der Waals surface area contributed by atoms with Gasteiger partial charge in [0.25, 0.3) is 0 Å². The van der Waals surface area contributed by atoms with Crippen molar-refractivity contribution in [1.29, 1.82) is 0 Å². The van der Waals surface area contributed by atoms with Crippen LogP contribution in [0, 0.1) is 11.6 Å². The van der Waals surface area contributed by atoms with Gasteiger partial charge in [0.05, 0.1) is 12.3 Å². The minimum atomic E-state index is -0.889. The molecule has 0 aliphatic heterocycles. The average Bonchev–Trinajstić information content (AvgIpc) is 2.70. The topological polar surface area (TPSA) is 38.0 Å². The van der Waals surface area contributed by atoms with E-state index in [4.69, 9.17) is 0 Å². The maximum absolute atomic E-state index is 13.4. The Bertz CT molecular complexity index is 525. The number of benzene rings is 1. The van der Waals surface area contributed by atoms with E-state index in [1.54, 1.807) is 17.9 Å². The first-order valence-corrected chi connectivity index (χ1v) is 5.17. The van der Waals surface area contributed by atoms with Crippen molar-refractivity contribution in [1.82, 2.24) is 9.78 Å². The first-order valence-electron chi connectivity index (χ1n) is 5.17. The maximum Gasteiger partial charge on any atom is 0.126 e. The third kappa shape index (κ3) is 2.68. The molecule has 17 heavy (non-hydrogen) atoms. The van der Waals surface area contributed by atoms with Gasteiger partial charge in [0.1, 0.15) is 11.6 Å². The van der Waals surface area contributed by atoms with Crippen molar-refractivity contribution in [2.75, 3.05) is 0 Å². The lowest BCUT2D eigenvalue weighted by atomic mass is 10.0. The fraction of sp³-hybridized carbons (Fsp3) is 0.250. The SMILES string of the molecule is Cn1cc(C(O)Cc2cc(F)ccc2F)cn1. The number of hydrogen-bond donors (Lipinski definition) is 1. The van der Waals surface area contributed by atoms with Crippen LogP contribution >= 0.6 is 0 Å². The molecule has 1 aromatic heterocycles. The predicted molar refractivity (Wildman–Crippen MR) is 58.2 cm³/mol. The van der Waals surface area contributed by atoms with Crippen LogP contribution in [0.15, 0.2) is 30.6 Å². The van der Waals surface area contributed by atoms with Gasteiger partial charge >= 0.3 is 0 Å². The molecule has 0 aliphatic carbocycles. The molecule has 0 radical (unpaired) electrons. The fourth-order valence-corrected chi connectivity index (χ4v) is 1.64. The van der Waals surface area contributed by atoms with E-state index in [1.165, 1.54) is 6.20 Å². The largest absolute Gasteiger partial charge is 0.388 e. The van der Waals surface area contributed by atoms with E-state index in [0.29, 0.717) is 5.56 Å². The lowest BCUT2D eigenvalue weighted by molar-refractivity contribution is 0.177. The van der Waals surface area contributed by atoms with E-state index < -0.39 is 17.7 Å². The molecule has 1 unspecified atom stereocenters. The Labute approximate surface area is 97.3 Å². The van der Waals surface area contributed by atoms with Gasteiger partial charge in [-0.1, -0.05) is 0 Å². The first kappa shape index (κ1) is 11.7. The molecule has 0 aliphatic rings. The second kappa shape index (κ2) is 4.63. The van der Waals surface area contributed by atoms with Gasteiger partial charge in [0.15, 0.2) is 0 Å². The van der Waals surface area contributed by atoms with Crippen LogP contribution in [0.4, 0.5) is 8.78 Å². The summed E-state index contributed by atoms with van der Waals surface area (Å²) < 4.78 is 27.8. The second-order valence-electron chi connectivity index (χ2n) is 3.90. The van der Waals surface area contributed by atoms with Crippen LogP contribution in [0.25, 0.3) is 0 Å². The first-order chi connectivity index (χ1) is 8.06. The highest BCUT2D eigenvalue weighted by molar-refractivity contribution is 5.21. The van der Waals surface area contributed by atoms with Crippen molar-refractivity contribution in [2.45, 2.75) is 12.5 Å². The zero-order valence-corrected chi connectivity index (χ0v) is 9.27. The van der Waals surface area contributed by atoms with Crippen molar-refractivity contribution < 1.29 is 13.9 Å². The van der Waals surface area contributed by atoms with Gasteiger partial charge in [0.2, 0.25) is 0 Å². The van der Waals surface area contributed by atoms with Crippen LogP contribution in [0.2, 0.25) is 0 Å². The molecule has 0 spiro atoms. The number of aliphatic hydroxyl groups excluding tert-OH is 1. The summed E-state index contributed by atoms with van der Waals surface area (Å²) in [7, 11) is 1.72. The van der Waals surface area contributed by atoms with Gasteiger partial charge in [-0.25, -0.2) is 8.78 Å². The van der Waals surface area contributed by atoms with E-state index >= 15 is 0 Å². The summed E-state index contributed by atoms with van der Waals surface area (Å²) in [4.78, 5) is 0. The number of aryl methyl sites for hydroxylation is 1. The molecule has 0 bridgehead atoms. The van der Waals surface area contributed by atoms with Crippen molar-refractivity contribution in [3.8, 4) is 0 Å². The monoisotopic (exact) mass is 238 g/mol. The van der Waals surface area contributed by atoms with Gasteiger partial charge in [-0.2, -0.15) is 5.10 Å². The molecule has 0 fully saturated rings. The van der Waals surface area contributed by atoms with Crippen molar-refractivity contribution in [3.63, 3.8) is 0 Å². The molecular formula is C12H12F2N2O. The van der Waals surface area contributed by atoms with Gasteiger partial charge in [0, 0.05) is 25.2 Å². The molecule has 3 nitrogen and oxygen atoms in total. The maximum atomic E-state index is 13.4. The number of hydrogen-bond acceptors (Lipinski definition) is 2. The predicted octanol–water partition coefficient (Wildman–Crippen LogP) is 1.97. The number of rotatable bonds is 3. The molecule has 1 N–H and O–H groups in total. The summed E-state index contributed by atoms with van der Waals surface area (Å²) in [6, 6.07) is 3.20. The number of aliphatic hydroxyl groups is 1. The Hall–Kier alpha value is -1.75. The Morgan fingerprint density at radius 2 is 2.18 bits per heavy atom. The van der Waals surface area contributed by atoms with E-state index in [9.17, 15) is 13.9 Å². The smallest absolute Gasteiger partial charge is 0.126 e. The molecule has 0 saturated carbocycles. The van der Waals surface area contributed by atoms with Crippen LogP contribution < -0.4 is 0 Å². The normalized spacial score (nSPS) is 12.7. The third-order valence-corrected chi connectivity index (χ3v) is 2.53. The fourth-order valence-electron chi connectivity index (χ4n) is 1.64. The van der Waals surface area contributed by atoms with Gasteiger partial charge in [-0.05, 0) is 23.8 Å². The van der Waals surface area contributed by atoms with Crippen LogP contribution in [0.3, 0.4) is 0 Å². The van der Waals surface area contributed by atoms with Gasteiger partial charge in [-0.15, -0.1) is 0 Å². The van der Waals surface area contributed by atoms with Crippen molar-refractivity contribution >= 4 is 0 Å².